The molecule has 2 atom stereocenters. The first kappa shape index (κ1) is 10.7. The van der Waals surface area contributed by atoms with Gasteiger partial charge in [-0.2, -0.15) is 0 Å². The van der Waals surface area contributed by atoms with Crippen molar-refractivity contribution < 1.29 is 14.3 Å². The SMILES string of the molecule is COc1cccc2c1C1=NOC3C(C)=CC=C(O2)C13. The van der Waals surface area contributed by atoms with E-state index in [0.29, 0.717) is 0 Å². The molecule has 0 aromatic heterocycles. The highest BCUT2D eigenvalue weighted by Crippen LogP contribution is 2.45. The summed E-state index contributed by atoms with van der Waals surface area (Å²) < 4.78 is 11.4. The van der Waals surface area contributed by atoms with Gasteiger partial charge in [0.05, 0.1) is 12.7 Å². The molecule has 0 spiro atoms. The molecule has 19 heavy (non-hydrogen) atoms. The Kier molecular flexibility index (Phi) is 2.04. The van der Waals surface area contributed by atoms with Crippen LogP contribution in [-0.4, -0.2) is 18.9 Å². The predicted molar refractivity (Wildman–Crippen MR) is 70.4 cm³/mol. The minimum absolute atomic E-state index is 0.0481. The van der Waals surface area contributed by atoms with Gasteiger partial charge in [-0.05, 0) is 30.7 Å². The van der Waals surface area contributed by atoms with E-state index in [1.807, 2.05) is 37.3 Å². The van der Waals surface area contributed by atoms with Gasteiger partial charge in [0.15, 0.2) is 6.10 Å². The van der Waals surface area contributed by atoms with Gasteiger partial charge >= 0.3 is 0 Å². The second-order valence-electron chi connectivity index (χ2n) is 4.90. The zero-order valence-corrected chi connectivity index (χ0v) is 10.7. The molecule has 2 heterocycles. The van der Waals surface area contributed by atoms with E-state index in [2.05, 4.69) is 5.16 Å². The zero-order valence-electron chi connectivity index (χ0n) is 10.7. The number of nitrogens with zero attached hydrogens (tertiary/aromatic N) is 1. The molecule has 1 aromatic carbocycles. The summed E-state index contributed by atoms with van der Waals surface area (Å²) in [5.74, 6) is 2.49. The smallest absolute Gasteiger partial charge is 0.164 e. The normalized spacial score (nSPS) is 26.1. The van der Waals surface area contributed by atoms with Gasteiger partial charge < -0.3 is 14.3 Å². The van der Waals surface area contributed by atoms with Gasteiger partial charge in [-0.3, -0.25) is 0 Å². The number of hydrogen-bond donors (Lipinski definition) is 0. The van der Waals surface area contributed by atoms with Crippen LogP contribution >= 0.6 is 0 Å². The van der Waals surface area contributed by atoms with E-state index in [1.165, 1.54) is 0 Å². The average Bonchev–Trinajstić information content (AvgIpc) is 2.88. The Labute approximate surface area is 111 Å². The van der Waals surface area contributed by atoms with Crippen molar-refractivity contribution in [3.63, 3.8) is 0 Å². The quantitative estimate of drug-likeness (QED) is 0.774. The standard InChI is InChI=1S/C15H13NO3/c1-8-6-7-11-13-14(16-19-15(8)13)12-9(17-2)4-3-5-10(12)18-11/h3-7,13,15H,1-2H3. The summed E-state index contributed by atoms with van der Waals surface area (Å²) in [5, 5.41) is 4.28. The first-order valence-electron chi connectivity index (χ1n) is 6.27. The fourth-order valence-corrected chi connectivity index (χ4v) is 2.86. The topological polar surface area (TPSA) is 40.0 Å². The van der Waals surface area contributed by atoms with Gasteiger partial charge in [0.1, 0.15) is 28.9 Å². The average molecular weight is 255 g/mol. The Morgan fingerprint density at radius 2 is 2.16 bits per heavy atom. The molecule has 0 radical (unpaired) electrons. The largest absolute Gasteiger partial charge is 0.496 e. The number of allylic oxidation sites excluding steroid dienone is 2. The van der Waals surface area contributed by atoms with Crippen LogP contribution in [0.3, 0.4) is 0 Å². The van der Waals surface area contributed by atoms with Gasteiger partial charge in [0.2, 0.25) is 0 Å². The lowest BCUT2D eigenvalue weighted by atomic mass is 9.82. The van der Waals surface area contributed by atoms with Gasteiger partial charge in [-0.1, -0.05) is 17.3 Å². The van der Waals surface area contributed by atoms with Gasteiger partial charge in [-0.15, -0.1) is 0 Å². The number of fused-ring (bicyclic) bond motifs is 2. The van der Waals surface area contributed by atoms with E-state index in [1.54, 1.807) is 7.11 Å². The van der Waals surface area contributed by atoms with Gasteiger partial charge in [0, 0.05) is 0 Å². The Morgan fingerprint density at radius 1 is 1.26 bits per heavy atom. The van der Waals surface area contributed by atoms with E-state index in [4.69, 9.17) is 14.3 Å². The van der Waals surface area contributed by atoms with E-state index in [9.17, 15) is 0 Å². The number of methoxy groups -OCH3 is 1. The summed E-state index contributed by atoms with van der Waals surface area (Å²) in [5.41, 5.74) is 2.97. The number of oxime groups is 1. The van der Waals surface area contributed by atoms with Crippen molar-refractivity contribution >= 4 is 5.71 Å². The van der Waals surface area contributed by atoms with Crippen molar-refractivity contribution in [3.8, 4) is 11.5 Å². The van der Waals surface area contributed by atoms with Crippen molar-refractivity contribution in [2.45, 2.75) is 13.0 Å². The van der Waals surface area contributed by atoms with Crippen molar-refractivity contribution in [3.05, 3.63) is 47.2 Å². The van der Waals surface area contributed by atoms with Crippen molar-refractivity contribution in [1.29, 1.82) is 0 Å². The molecule has 1 aromatic rings. The van der Waals surface area contributed by atoms with Crippen LogP contribution in [0.25, 0.3) is 0 Å². The Balaban J connectivity index is 1.94. The molecular weight excluding hydrogens is 242 g/mol. The molecule has 0 N–H and O–H groups in total. The van der Waals surface area contributed by atoms with Crippen molar-refractivity contribution in [2.75, 3.05) is 7.11 Å². The molecular formula is C15H13NO3. The summed E-state index contributed by atoms with van der Waals surface area (Å²) >= 11 is 0. The lowest BCUT2D eigenvalue weighted by molar-refractivity contribution is 0.0860. The first-order valence-corrected chi connectivity index (χ1v) is 6.27. The molecule has 2 aliphatic heterocycles. The van der Waals surface area contributed by atoms with Crippen LogP contribution < -0.4 is 9.47 Å². The number of ether oxygens (including phenoxy) is 2. The molecule has 1 aliphatic carbocycles. The first-order chi connectivity index (χ1) is 9.29. The van der Waals surface area contributed by atoms with E-state index < -0.39 is 0 Å². The van der Waals surface area contributed by atoms with Gasteiger partial charge in [-0.25, -0.2) is 0 Å². The maximum absolute atomic E-state index is 5.98. The number of benzene rings is 1. The highest BCUT2D eigenvalue weighted by atomic mass is 16.6. The fourth-order valence-electron chi connectivity index (χ4n) is 2.86. The molecule has 0 fully saturated rings. The third-order valence-electron chi connectivity index (χ3n) is 3.82. The Bertz CT molecular complexity index is 657. The molecule has 0 bridgehead atoms. The number of hydrogen-bond acceptors (Lipinski definition) is 4. The molecule has 4 rings (SSSR count). The maximum atomic E-state index is 5.98. The second kappa shape index (κ2) is 3.63. The third kappa shape index (κ3) is 1.31. The van der Waals surface area contributed by atoms with Crippen LogP contribution in [0.4, 0.5) is 0 Å². The Morgan fingerprint density at radius 3 is 3.00 bits per heavy atom. The molecule has 0 amide bonds. The van der Waals surface area contributed by atoms with E-state index in [0.717, 1.165) is 34.1 Å². The summed E-state index contributed by atoms with van der Waals surface area (Å²) in [4.78, 5) is 5.58. The van der Waals surface area contributed by atoms with Gasteiger partial charge in [0.25, 0.3) is 0 Å². The predicted octanol–water partition coefficient (Wildman–Crippen LogP) is 2.65. The summed E-state index contributed by atoms with van der Waals surface area (Å²) in [7, 11) is 1.65. The lowest BCUT2D eigenvalue weighted by Gasteiger charge is -2.30. The molecule has 0 saturated carbocycles. The van der Waals surface area contributed by atoms with E-state index >= 15 is 0 Å². The highest BCUT2D eigenvalue weighted by molar-refractivity contribution is 6.10. The summed E-state index contributed by atoms with van der Waals surface area (Å²) in [6.07, 6.45) is 3.98. The minimum atomic E-state index is -0.0481. The van der Waals surface area contributed by atoms with Crippen LogP contribution in [0.5, 0.6) is 11.5 Å². The molecule has 4 nitrogen and oxygen atoms in total. The molecule has 4 heteroatoms. The molecule has 3 aliphatic rings. The van der Waals surface area contributed by atoms with Crippen LogP contribution in [0.15, 0.2) is 46.8 Å². The van der Waals surface area contributed by atoms with Crippen LogP contribution in [-0.2, 0) is 4.84 Å². The third-order valence-corrected chi connectivity index (χ3v) is 3.82. The monoisotopic (exact) mass is 255 g/mol. The zero-order chi connectivity index (χ0) is 13.0. The Hall–Kier alpha value is -2.23. The summed E-state index contributed by atoms with van der Waals surface area (Å²) in [6.45, 7) is 2.05. The molecule has 0 saturated heterocycles. The molecule has 2 unspecified atom stereocenters. The van der Waals surface area contributed by atoms with Crippen molar-refractivity contribution in [2.24, 2.45) is 11.1 Å². The van der Waals surface area contributed by atoms with Crippen LogP contribution in [0.2, 0.25) is 0 Å². The number of rotatable bonds is 1. The highest BCUT2D eigenvalue weighted by Gasteiger charge is 2.46. The van der Waals surface area contributed by atoms with Crippen molar-refractivity contribution in [1.82, 2.24) is 0 Å². The minimum Gasteiger partial charge on any atom is -0.496 e. The maximum Gasteiger partial charge on any atom is 0.164 e. The van der Waals surface area contributed by atoms with E-state index in [-0.39, 0.29) is 12.0 Å². The van der Waals surface area contributed by atoms with Crippen LogP contribution in [0.1, 0.15) is 12.5 Å². The fraction of sp³-hybridized carbons (Fsp3) is 0.267. The van der Waals surface area contributed by atoms with Crippen LogP contribution in [0, 0.1) is 5.92 Å². The second-order valence-corrected chi connectivity index (χ2v) is 4.90. The molecule has 96 valence electrons. The summed E-state index contributed by atoms with van der Waals surface area (Å²) in [6, 6.07) is 5.75. The lowest BCUT2D eigenvalue weighted by Crippen LogP contribution is -2.34.